The molecule has 2 saturated carbocycles. The molecule has 7 nitrogen and oxygen atoms in total. The molecule has 0 N–H and O–H groups in total. The summed E-state index contributed by atoms with van der Waals surface area (Å²) in [6.07, 6.45) is 7.06. The molecule has 5 rings (SSSR count). The van der Waals surface area contributed by atoms with Gasteiger partial charge in [0.15, 0.2) is 5.69 Å². The molecule has 7 heteroatoms. The Bertz CT molecular complexity index is 793. The third kappa shape index (κ3) is 1.96. The van der Waals surface area contributed by atoms with E-state index in [9.17, 15) is 4.79 Å². The lowest BCUT2D eigenvalue weighted by Crippen LogP contribution is -2.35. The van der Waals surface area contributed by atoms with Crippen LogP contribution in [-0.4, -0.2) is 39.3 Å². The monoisotopic (exact) mass is 328 g/mol. The lowest BCUT2D eigenvalue weighted by Gasteiger charge is -2.24. The number of aryl methyl sites for hydroxylation is 1. The molecule has 0 radical (unpaired) electrons. The van der Waals surface area contributed by atoms with Crippen molar-refractivity contribution in [2.24, 2.45) is 5.92 Å². The highest BCUT2D eigenvalue weighted by Crippen LogP contribution is 2.51. The van der Waals surface area contributed by atoms with Crippen LogP contribution in [0.25, 0.3) is 0 Å². The van der Waals surface area contributed by atoms with Gasteiger partial charge in [0.05, 0.1) is 5.41 Å². The van der Waals surface area contributed by atoms with Crippen molar-refractivity contribution in [3.8, 4) is 0 Å². The number of carbonyl (C=O) groups is 1. The van der Waals surface area contributed by atoms with Crippen LogP contribution in [0.5, 0.6) is 0 Å². The van der Waals surface area contributed by atoms with Crippen molar-refractivity contribution in [3.63, 3.8) is 0 Å². The number of carbonyl (C=O) groups excluding carboxylic acids is 1. The van der Waals surface area contributed by atoms with E-state index in [1.807, 2.05) is 11.8 Å². The molecule has 0 bridgehead atoms. The van der Waals surface area contributed by atoms with Crippen molar-refractivity contribution >= 4 is 5.91 Å². The van der Waals surface area contributed by atoms with Crippen molar-refractivity contribution < 1.29 is 13.7 Å². The zero-order chi connectivity index (χ0) is 16.3. The first-order chi connectivity index (χ1) is 11.7. The number of aromatic nitrogens is 3. The largest absolute Gasteiger partial charge is 0.424 e. The number of hydrogen-bond donors (Lipinski definition) is 0. The van der Waals surface area contributed by atoms with Gasteiger partial charge in [-0.1, -0.05) is 11.6 Å². The van der Waals surface area contributed by atoms with Crippen LogP contribution in [0.4, 0.5) is 0 Å². The first kappa shape index (κ1) is 14.2. The molecule has 0 aromatic carbocycles. The molecule has 2 aromatic heterocycles. The van der Waals surface area contributed by atoms with Crippen LogP contribution in [0.2, 0.25) is 0 Å². The van der Waals surface area contributed by atoms with Gasteiger partial charge in [0, 0.05) is 24.6 Å². The topological polar surface area (TPSA) is 85.3 Å². The zero-order valence-electron chi connectivity index (χ0n) is 13.7. The van der Waals surface area contributed by atoms with Crippen LogP contribution in [0, 0.1) is 12.8 Å². The van der Waals surface area contributed by atoms with E-state index >= 15 is 0 Å². The lowest BCUT2D eigenvalue weighted by atomic mass is 9.80. The predicted molar refractivity (Wildman–Crippen MR) is 82.4 cm³/mol. The van der Waals surface area contributed by atoms with Gasteiger partial charge in [-0.15, -0.1) is 10.2 Å². The molecule has 1 saturated heterocycles. The Kier molecular flexibility index (Phi) is 2.90. The van der Waals surface area contributed by atoms with Crippen molar-refractivity contribution in [1.29, 1.82) is 0 Å². The molecule has 2 aliphatic carbocycles. The first-order valence-electron chi connectivity index (χ1n) is 8.71. The molecule has 1 amide bonds. The molecular formula is C17H20N4O3. The molecule has 3 fully saturated rings. The van der Waals surface area contributed by atoms with E-state index in [0.717, 1.165) is 56.0 Å². The van der Waals surface area contributed by atoms with Crippen molar-refractivity contribution in [1.82, 2.24) is 20.3 Å². The summed E-state index contributed by atoms with van der Waals surface area (Å²) in [4.78, 5) is 14.7. The standard InChI is InChI=1S/C17H20N4O3/c1-10-8-23-20-13(10)15(22)21-7-12-3-2-6-17(12,9-21)16-19-18-14(24-16)11-4-5-11/h8,11-12H,2-7,9H2,1H3/t12-,17-/m0/s1. The minimum atomic E-state index is -0.173. The average molecular weight is 328 g/mol. The third-order valence-corrected chi connectivity index (χ3v) is 5.90. The van der Waals surface area contributed by atoms with Gasteiger partial charge < -0.3 is 13.8 Å². The molecule has 126 valence electrons. The van der Waals surface area contributed by atoms with Crippen LogP contribution in [0.1, 0.15) is 65.9 Å². The molecule has 3 aliphatic rings. The van der Waals surface area contributed by atoms with Crippen LogP contribution < -0.4 is 0 Å². The van der Waals surface area contributed by atoms with E-state index in [-0.39, 0.29) is 11.3 Å². The van der Waals surface area contributed by atoms with Crippen LogP contribution >= 0.6 is 0 Å². The van der Waals surface area contributed by atoms with Gasteiger partial charge in [-0.05, 0) is 38.5 Å². The van der Waals surface area contributed by atoms with Crippen LogP contribution in [0.3, 0.4) is 0 Å². The summed E-state index contributed by atoms with van der Waals surface area (Å²) in [5, 5.41) is 12.5. The van der Waals surface area contributed by atoms with Crippen molar-refractivity contribution in [2.45, 2.75) is 50.4 Å². The minimum Gasteiger partial charge on any atom is -0.424 e. The smallest absolute Gasteiger partial charge is 0.276 e. The van der Waals surface area contributed by atoms with E-state index in [1.165, 1.54) is 6.26 Å². The van der Waals surface area contributed by atoms with Gasteiger partial charge in [0.25, 0.3) is 5.91 Å². The highest BCUT2D eigenvalue weighted by molar-refractivity contribution is 5.93. The molecule has 24 heavy (non-hydrogen) atoms. The summed E-state index contributed by atoms with van der Waals surface area (Å²) < 4.78 is 11.0. The van der Waals surface area contributed by atoms with Crippen molar-refractivity contribution in [3.05, 3.63) is 29.3 Å². The summed E-state index contributed by atoms with van der Waals surface area (Å²) in [5.41, 5.74) is 1.02. The maximum Gasteiger partial charge on any atom is 0.276 e. The Labute approximate surface area is 139 Å². The second-order valence-corrected chi connectivity index (χ2v) is 7.50. The average Bonchev–Trinajstić information content (AvgIpc) is 2.97. The second kappa shape index (κ2) is 4.91. The highest BCUT2D eigenvalue weighted by atomic mass is 16.5. The zero-order valence-corrected chi connectivity index (χ0v) is 13.7. The quantitative estimate of drug-likeness (QED) is 0.860. The molecule has 0 spiro atoms. The summed E-state index contributed by atoms with van der Waals surface area (Å²) in [7, 11) is 0. The van der Waals surface area contributed by atoms with E-state index < -0.39 is 0 Å². The third-order valence-electron chi connectivity index (χ3n) is 5.90. The molecular weight excluding hydrogens is 308 g/mol. The minimum absolute atomic E-state index is 0.0584. The Morgan fingerprint density at radius 1 is 1.33 bits per heavy atom. The summed E-state index contributed by atoms with van der Waals surface area (Å²) in [6.45, 7) is 3.21. The lowest BCUT2D eigenvalue weighted by molar-refractivity contribution is 0.0764. The van der Waals surface area contributed by atoms with E-state index in [4.69, 9.17) is 8.94 Å². The Morgan fingerprint density at radius 2 is 2.21 bits per heavy atom. The highest BCUT2D eigenvalue weighted by Gasteiger charge is 2.55. The number of nitrogens with zero attached hydrogens (tertiary/aromatic N) is 4. The maximum atomic E-state index is 12.8. The summed E-state index contributed by atoms with van der Waals surface area (Å²) >= 11 is 0. The van der Waals surface area contributed by atoms with Gasteiger partial charge in [-0.25, -0.2) is 0 Å². The van der Waals surface area contributed by atoms with E-state index in [2.05, 4.69) is 15.4 Å². The number of amides is 1. The fourth-order valence-corrected chi connectivity index (χ4v) is 4.37. The van der Waals surface area contributed by atoms with E-state index in [1.54, 1.807) is 0 Å². The normalized spacial score (nSPS) is 29.2. The Morgan fingerprint density at radius 3 is 2.96 bits per heavy atom. The molecule has 0 unspecified atom stereocenters. The number of likely N-dealkylation sites (tertiary alicyclic amines) is 1. The van der Waals surface area contributed by atoms with Gasteiger partial charge in [0.2, 0.25) is 11.8 Å². The fourth-order valence-electron chi connectivity index (χ4n) is 4.37. The number of hydrogen-bond acceptors (Lipinski definition) is 6. The summed E-state index contributed by atoms with van der Waals surface area (Å²) in [6, 6.07) is 0. The van der Waals surface area contributed by atoms with Gasteiger partial charge in [0.1, 0.15) is 6.26 Å². The molecule has 3 heterocycles. The van der Waals surface area contributed by atoms with E-state index in [0.29, 0.717) is 24.1 Å². The van der Waals surface area contributed by atoms with Crippen LogP contribution in [0.15, 0.2) is 15.2 Å². The number of rotatable bonds is 3. The molecule has 2 atom stereocenters. The SMILES string of the molecule is Cc1conc1C(=O)N1C[C@@H]2CCC[C@]2(c2nnc(C3CC3)o2)C1. The Balaban J connectivity index is 1.45. The number of fused-ring (bicyclic) bond motifs is 1. The molecule has 1 aliphatic heterocycles. The Hall–Kier alpha value is -2.18. The predicted octanol–water partition coefficient (Wildman–Crippen LogP) is 2.44. The van der Waals surface area contributed by atoms with Gasteiger partial charge in [-0.3, -0.25) is 4.79 Å². The van der Waals surface area contributed by atoms with Crippen molar-refractivity contribution in [2.75, 3.05) is 13.1 Å². The van der Waals surface area contributed by atoms with Gasteiger partial charge >= 0.3 is 0 Å². The summed E-state index contributed by atoms with van der Waals surface area (Å²) in [5.74, 6) is 2.30. The fraction of sp³-hybridized carbons (Fsp3) is 0.647. The first-order valence-corrected chi connectivity index (χ1v) is 8.71. The second-order valence-electron chi connectivity index (χ2n) is 7.50. The van der Waals surface area contributed by atoms with Gasteiger partial charge in [-0.2, -0.15) is 0 Å². The molecule has 2 aromatic rings. The van der Waals surface area contributed by atoms with Crippen LogP contribution in [-0.2, 0) is 5.41 Å². The maximum absolute atomic E-state index is 12.8.